The first-order valence-electron chi connectivity index (χ1n) is 12.6. The Kier molecular flexibility index (Phi) is 7.54. The lowest BCUT2D eigenvalue weighted by Gasteiger charge is -2.57. The molecule has 3 aromatic rings. The Morgan fingerprint density at radius 2 is 1.42 bits per heavy atom. The van der Waals surface area contributed by atoms with Crippen LogP contribution in [0.1, 0.15) is 41.0 Å². The van der Waals surface area contributed by atoms with Crippen molar-refractivity contribution in [2.45, 2.75) is 36.6 Å². The quantitative estimate of drug-likeness (QED) is 0.541. The standard InChI is InChI=1S/C30H32N2O3S/c33-22-29-30(27-17-15-25(16-18-27)14-13-24-9-3-1-4-10-24)28-21-31(19-7-8-20-32(28)29)36(34,35)23-26-11-5-2-6-12-26/h1-6,9-12,15-18,28-30,33H,7-8,19-23H2/t28-,29-,30-/m1/s1. The third kappa shape index (κ3) is 5.40. The Morgan fingerprint density at radius 3 is 2.08 bits per heavy atom. The average Bonchev–Trinajstić information content (AvgIpc) is 2.88. The Morgan fingerprint density at radius 1 is 0.806 bits per heavy atom. The summed E-state index contributed by atoms with van der Waals surface area (Å²) in [6.07, 6.45) is 1.75. The van der Waals surface area contributed by atoms with Crippen LogP contribution in [0.15, 0.2) is 84.9 Å². The predicted molar refractivity (Wildman–Crippen MR) is 143 cm³/mol. The van der Waals surface area contributed by atoms with Crippen molar-refractivity contribution in [3.05, 3.63) is 107 Å². The van der Waals surface area contributed by atoms with Crippen LogP contribution in [0.4, 0.5) is 0 Å². The molecule has 1 N–H and O–H groups in total. The summed E-state index contributed by atoms with van der Waals surface area (Å²) in [6, 6.07) is 27.6. The highest BCUT2D eigenvalue weighted by Crippen LogP contribution is 2.42. The fraction of sp³-hybridized carbons (Fsp3) is 0.333. The van der Waals surface area contributed by atoms with E-state index in [-0.39, 0.29) is 30.4 Å². The van der Waals surface area contributed by atoms with Crippen molar-refractivity contribution in [1.82, 2.24) is 9.21 Å². The van der Waals surface area contributed by atoms with Gasteiger partial charge in [0.05, 0.1) is 12.4 Å². The third-order valence-corrected chi connectivity index (χ3v) is 9.16. The van der Waals surface area contributed by atoms with E-state index in [4.69, 9.17) is 0 Å². The number of hydrogen-bond acceptors (Lipinski definition) is 4. The molecule has 0 unspecified atom stereocenters. The van der Waals surface area contributed by atoms with Gasteiger partial charge < -0.3 is 5.11 Å². The molecule has 5 nitrogen and oxygen atoms in total. The van der Waals surface area contributed by atoms with Gasteiger partial charge in [0, 0.05) is 42.2 Å². The Hall–Kier alpha value is -2.95. The van der Waals surface area contributed by atoms with Gasteiger partial charge >= 0.3 is 0 Å². The van der Waals surface area contributed by atoms with Crippen LogP contribution >= 0.6 is 0 Å². The number of rotatable bonds is 5. The van der Waals surface area contributed by atoms with Gasteiger partial charge in [0.2, 0.25) is 10.0 Å². The van der Waals surface area contributed by atoms with Crippen molar-refractivity contribution in [3.8, 4) is 11.8 Å². The van der Waals surface area contributed by atoms with E-state index in [1.54, 1.807) is 4.31 Å². The van der Waals surface area contributed by atoms with E-state index in [2.05, 4.69) is 28.9 Å². The topological polar surface area (TPSA) is 60.9 Å². The van der Waals surface area contributed by atoms with E-state index in [9.17, 15) is 13.5 Å². The number of hydrogen-bond donors (Lipinski definition) is 1. The van der Waals surface area contributed by atoms with Gasteiger partial charge in [0.15, 0.2) is 0 Å². The largest absolute Gasteiger partial charge is 0.395 e. The maximum atomic E-state index is 13.4. The maximum absolute atomic E-state index is 13.4. The van der Waals surface area contributed by atoms with E-state index in [0.717, 1.165) is 41.6 Å². The highest BCUT2D eigenvalue weighted by molar-refractivity contribution is 7.88. The average molecular weight is 501 g/mol. The Bertz CT molecular complexity index is 1320. The molecular weight excluding hydrogens is 468 g/mol. The van der Waals surface area contributed by atoms with Crippen LogP contribution in [-0.2, 0) is 15.8 Å². The zero-order valence-electron chi connectivity index (χ0n) is 20.3. The van der Waals surface area contributed by atoms with Crippen molar-refractivity contribution in [2.75, 3.05) is 26.2 Å². The summed E-state index contributed by atoms with van der Waals surface area (Å²) in [5.74, 6) is 6.50. The van der Waals surface area contributed by atoms with Crippen LogP contribution in [-0.4, -0.2) is 61.1 Å². The molecule has 2 aliphatic heterocycles. The Balaban J connectivity index is 1.35. The molecule has 2 aliphatic rings. The molecule has 2 fully saturated rings. The minimum Gasteiger partial charge on any atom is -0.395 e. The normalized spacial score (nSPS) is 22.9. The number of benzene rings is 3. The molecule has 0 saturated carbocycles. The zero-order valence-corrected chi connectivity index (χ0v) is 21.1. The molecule has 5 rings (SSSR count). The molecule has 6 heteroatoms. The number of sulfonamides is 1. The summed E-state index contributed by atoms with van der Waals surface area (Å²) in [7, 11) is -3.44. The maximum Gasteiger partial charge on any atom is 0.218 e. The first-order chi connectivity index (χ1) is 17.5. The van der Waals surface area contributed by atoms with E-state index in [1.807, 2.05) is 72.8 Å². The van der Waals surface area contributed by atoms with Gasteiger partial charge in [-0.1, -0.05) is 72.5 Å². The molecule has 0 aromatic heterocycles. The second-order valence-electron chi connectivity index (χ2n) is 9.63. The minimum absolute atomic E-state index is 0.00744. The molecule has 3 aromatic carbocycles. The van der Waals surface area contributed by atoms with Crippen LogP contribution in [0.3, 0.4) is 0 Å². The van der Waals surface area contributed by atoms with Crippen molar-refractivity contribution < 1.29 is 13.5 Å². The summed E-state index contributed by atoms with van der Waals surface area (Å²) >= 11 is 0. The van der Waals surface area contributed by atoms with E-state index >= 15 is 0 Å². The van der Waals surface area contributed by atoms with Gasteiger partial charge in [-0.2, -0.15) is 0 Å². The van der Waals surface area contributed by atoms with Crippen molar-refractivity contribution in [3.63, 3.8) is 0 Å². The first kappa shape index (κ1) is 24.7. The summed E-state index contributed by atoms with van der Waals surface area (Å²) < 4.78 is 28.4. The van der Waals surface area contributed by atoms with Crippen LogP contribution in [0.5, 0.6) is 0 Å². The van der Waals surface area contributed by atoms with Gasteiger partial charge in [-0.15, -0.1) is 0 Å². The highest BCUT2D eigenvalue weighted by atomic mass is 32.2. The minimum atomic E-state index is -3.44. The summed E-state index contributed by atoms with van der Waals surface area (Å²) in [5, 5.41) is 10.2. The fourth-order valence-electron chi connectivity index (χ4n) is 5.49. The van der Waals surface area contributed by atoms with E-state index < -0.39 is 10.0 Å². The first-order valence-corrected chi connectivity index (χ1v) is 14.2. The molecule has 2 heterocycles. The fourth-order valence-corrected chi connectivity index (χ4v) is 7.08. The van der Waals surface area contributed by atoms with Crippen LogP contribution in [0, 0.1) is 11.8 Å². The highest BCUT2D eigenvalue weighted by Gasteiger charge is 2.50. The summed E-state index contributed by atoms with van der Waals surface area (Å²) in [4.78, 5) is 2.30. The molecule has 0 bridgehead atoms. The van der Waals surface area contributed by atoms with E-state index in [0.29, 0.717) is 13.1 Å². The number of aliphatic hydroxyl groups excluding tert-OH is 1. The molecule has 2 saturated heterocycles. The lowest BCUT2D eigenvalue weighted by atomic mass is 9.74. The SMILES string of the molecule is O=S(=O)(Cc1ccccc1)N1CCCCN2[C@H](CO)[C@H](c3ccc(C#Cc4ccccc4)cc3)[C@H]2C1. The van der Waals surface area contributed by atoms with Gasteiger partial charge in [0.1, 0.15) is 0 Å². The Labute approximate surface area is 214 Å². The van der Waals surface area contributed by atoms with Crippen LogP contribution in [0.25, 0.3) is 0 Å². The number of aliphatic hydroxyl groups is 1. The molecule has 0 aliphatic carbocycles. The molecule has 3 atom stereocenters. The van der Waals surface area contributed by atoms with Crippen molar-refractivity contribution >= 4 is 10.0 Å². The summed E-state index contributed by atoms with van der Waals surface area (Å²) in [6.45, 7) is 1.95. The molecule has 0 radical (unpaired) electrons. The van der Waals surface area contributed by atoms with Gasteiger partial charge in [-0.3, -0.25) is 4.90 Å². The zero-order chi connectivity index (χ0) is 25.0. The molecule has 0 spiro atoms. The van der Waals surface area contributed by atoms with Crippen molar-refractivity contribution in [1.29, 1.82) is 0 Å². The lowest BCUT2D eigenvalue weighted by Crippen LogP contribution is -2.67. The number of nitrogens with zero attached hydrogens (tertiary/aromatic N) is 2. The smallest absolute Gasteiger partial charge is 0.218 e. The van der Waals surface area contributed by atoms with Gasteiger partial charge in [-0.25, -0.2) is 12.7 Å². The molecular formula is C30H32N2O3S. The lowest BCUT2D eigenvalue weighted by molar-refractivity contribution is -0.0554. The number of fused-ring (bicyclic) bond motifs is 1. The van der Waals surface area contributed by atoms with E-state index in [1.165, 1.54) is 0 Å². The van der Waals surface area contributed by atoms with Crippen LogP contribution in [0.2, 0.25) is 0 Å². The van der Waals surface area contributed by atoms with Crippen LogP contribution < -0.4 is 0 Å². The second-order valence-corrected chi connectivity index (χ2v) is 11.6. The third-order valence-electron chi connectivity index (χ3n) is 7.34. The molecule has 36 heavy (non-hydrogen) atoms. The summed E-state index contributed by atoms with van der Waals surface area (Å²) in [5.41, 5.74) is 3.84. The van der Waals surface area contributed by atoms with Gasteiger partial charge in [-0.05, 0) is 54.8 Å². The van der Waals surface area contributed by atoms with Crippen molar-refractivity contribution in [2.24, 2.45) is 0 Å². The molecule has 186 valence electrons. The van der Waals surface area contributed by atoms with Gasteiger partial charge in [0.25, 0.3) is 0 Å². The monoisotopic (exact) mass is 500 g/mol. The second kappa shape index (κ2) is 11.0. The predicted octanol–water partition coefficient (Wildman–Crippen LogP) is 3.84. The molecule has 0 amide bonds.